The van der Waals surface area contributed by atoms with Gasteiger partial charge in [-0.25, -0.2) is 4.79 Å². The van der Waals surface area contributed by atoms with E-state index in [4.69, 9.17) is 9.47 Å². The van der Waals surface area contributed by atoms with Gasteiger partial charge >= 0.3 is 5.97 Å². The third-order valence-electron chi connectivity index (χ3n) is 5.23. The van der Waals surface area contributed by atoms with E-state index >= 15 is 0 Å². The number of ether oxygens (including phenoxy) is 2. The second-order valence-electron chi connectivity index (χ2n) is 7.31. The van der Waals surface area contributed by atoms with Crippen molar-refractivity contribution in [2.45, 2.75) is 19.4 Å². The molecule has 8 nitrogen and oxygen atoms in total. The quantitative estimate of drug-likeness (QED) is 0.721. The van der Waals surface area contributed by atoms with Crippen molar-refractivity contribution in [1.29, 1.82) is 0 Å². The zero-order valence-corrected chi connectivity index (χ0v) is 17.5. The van der Waals surface area contributed by atoms with Gasteiger partial charge in [-0.2, -0.15) is 5.10 Å². The van der Waals surface area contributed by atoms with Crippen LogP contribution >= 0.6 is 0 Å². The van der Waals surface area contributed by atoms with Crippen LogP contribution in [0, 0.1) is 0 Å². The van der Waals surface area contributed by atoms with Gasteiger partial charge in [-0.1, -0.05) is 24.3 Å². The number of amides is 1. The number of rotatable bonds is 6. The topological polar surface area (TPSA) is 83.5 Å². The first-order chi connectivity index (χ1) is 15.2. The molecule has 4 rings (SSSR count). The molecule has 0 bridgehead atoms. The summed E-state index contributed by atoms with van der Waals surface area (Å²) in [4.78, 5) is 27.7. The highest BCUT2D eigenvalue weighted by Gasteiger charge is 2.37. The highest BCUT2D eigenvalue weighted by molar-refractivity contribution is 6.38. The van der Waals surface area contributed by atoms with Crippen LogP contribution in [0.4, 0.5) is 17.1 Å². The van der Waals surface area contributed by atoms with E-state index < -0.39 is 12.0 Å². The number of esters is 1. The molecule has 0 aliphatic carbocycles. The molecule has 0 aromatic heterocycles. The third kappa shape index (κ3) is 4.86. The maximum absolute atomic E-state index is 13.2. The number of anilines is 3. The first-order valence-electron chi connectivity index (χ1n) is 10.5. The van der Waals surface area contributed by atoms with Crippen molar-refractivity contribution in [2.24, 2.45) is 5.10 Å². The zero-order valence-electron chi connectivity index (χ0n) is 17.5. The van der Waals surface area contributed by atoms with Crippen molar-refractivity contribution in [3.8, 4) is 0 Å². The van der Waals surface area contributed by atoms with Crippen LogP contribution in [0.1, 0.15) is 13.3 Å². The monoisotopic (exact) mass is 422 g/mol. The Morgan fingerprint density at radius 3 is 2.58 bits per heavy atom. The molecule has 1 unspecified atom stereocenters. The number of carbonyl (C=O) groups is 2. The van der Waals surface area contributed by atoms with Gasteiger partial charge in [0.2, 0.25) is 5.91 Å². The van der Waals surface area contributed by atoms with E-state index in [0.29, 0.717) is 18.9 Å². The van der Waals surface area contributed by atoms with Crippen LogP contribution in [-0.4, -0.2) is 56.5 Å². The van der Waals surface area contributed by atoms with Gasteiger partial charge in [-0.15, -0.1) is 0 Å². The summed E-state index contributed by atoms with van der Waals surface area (Å²) in [6.45, 7) is 5.02. The predicted molar refractivity (Wildman–Crippen MR) is 119 cm³/mol. The lowest BCUT2D eigenvalue weighted by Crippen LogP contribution is -2.39. The van der Waals surface area contributed by atoms with Gasteiger partial charge in [0, 0.05) is 30.9 Å². The Kier molecular flexibility index (Phi) is 6.47. The van der Waals surface area contributed by atoms with E-state index in [9.17, 15) is 9.59 Å². The second kappa shape index (κ2) is 9.61. The van der Waals surface area contributed by atoms with Gasteiger partial charge in [0.05, 0.1) is 25.5 Å². The minimum absolute atomic E-state index is 0.183. The number of hydrogen-bond acceptors (Lipinski definition) is 7. The molecule has 2 heterocycles. The van der Waals surface area contributed by atoms with Crippen LogP contribution in [0.15, 0.2) is 59.7 Å². The number of benzene rings is 2. The van der Waals surface area contributed by atoms with E-state index in [0.717, 1.165) is 24.5 Å². The van der Waals surface area contributed by atoms with E-state index in [2.05, 4.69) is 15.3 Å². The summed E-state index contributed by atoms with van der Waals surface area (Å²) in [6.07, 6.45) is 0.183. The molecule has 1 amide bonds. The van der Waals surface area contributed by atoms with Gasteiger partial charge in [0.1, 0.15) is 11.8 Å². The van der Waals surface area contributed by atoms with Gasteiger partial charge in [-0.05, 0) is 37.3 Å². The Hall–Kier alpha value is -3.39. The molecule has 1 N–H and O–H groups in total. The number of hydrogen-bond donors (Lipinski definition) is 1. The highest BCUT2D eigenvalue weighted by Crippen LogP contribution is 2.27. The smallest absolute Gasteiger partial charge is 0.354 e. The fourth-order valence-electron chi connectivity index (χ4n) is 3.70. The van der Waals surface area contributed by atoms with Crippen molar-refractivity contribution in [2.75, 3.05) is 48.1 Å². The molecule has 8 heteroatoms. The molecule has 0 saturated carbocycles. The molecule has 1 atom stereocenters. The summed E-state index contributed by atoms with van der Waals surface area (Å²) in [5.41, 5.74) is 2.72. The summed E-state index contributed by atoms with van der Waals surface area (Å²) in [5, 5.41) is 8.99. The molecule has 2 aliphatic heterocycles. The largest absolute Gasteiger partial charge is 0.461 e. The van der Waals surface area contributed by atoms with Crippen LogP contribution in [0.25, 0.3) is 0 Å². The summed E-state index contributed by atoms with van der Waals surface area (Å²) in [6, 6.07) is 16.5. The maximum atomic E-state index is 13.2. The second-order valence-corrected chi connectivity index (χ2v) is 7.31. The zero-order chi connectivity index (χ0) is 21.6. The molecule has 0 radical (unpaired) electrons. The molecule has 31 heavy (non-hydrogen) atoms. The first kappa shape index (κ1) is 20.9. The van der Waals surface area contributed by atoms with Gasteiger partial charge in [0.25, 0.3) is 0 Å². The highest BCUT2D eigenvalue weighted by atomic mass is 16.5. The Bertz CT molecular complexity index is 957. The van der Waals surface area contributed by atoms with Crippen LogP contribution in [0.2, 0.25) is 0 Å². The van der Waals surface area contributed by atoms with Crippen molar-refractivity contribution in [3.63, 3.8) is 0 Å². The van der Waals surface area contributed by atoms with E-state index in [-0.39, 0.29) is 24.6 Å². The SMILES string of the molecule is CCOC(=O)C1=NN(c2ccccc2)C(C(=O)Nc2cccc(N3CCOCC3)c2)C1. The molecule has 2 aromatic carbocycles. The van der Waals surface area contributed by atoms with Crippen molar-refractivity contribution in [3.05, 3.63) is 54.6 Å². The van der Waals surface area contributed by atoms with E-state index in [1.165, 1.54) is 0 Å². The fourth-order valence-corrected chi connectivity index (χ4v) is 3.70. The van der Waals surface area contributed by atoms with Crippen LogP contribution in [-0.2, 0) is 19.1 Å². The standard InChI is InChI=1S/C23H26N4O4/c1-2-31-23(29)20-16-21(27(25-20)18-8-4-3-5-9-18)22(28)24-17-7-6-10-19(15-17)26-11-13-30-14-12-26/h3-10,15,21H,2,11-14,16H2,1H3,(H,24,28). The third-order valence-corrected chi connectivity index (χ3v) is 5.23. The fraction of sp³-hybridized carbons (Fsp3) is 0.348. The van der Waals surface area contributed by atoms with Crippen molar-refractivity contribution < 1.29 is 19.1 Å². The summed E-state index contributed by atoms with van der Waals surface area (Å²) in [5.74, 6) is -0.723. The Morgan fingerprint density at radius 1 is 1.10 bits per heavy atom. The summed E-state index contributed by atoms with van der Waals surface area (Å²) < 4.78 is 10.5. The molecule has 2 aliphatic rings. The lowest BCUT2D eigenvalue weighted by molar-refractivity contribution is -0.135. The maximum Gasteiger partial charge on any atom is 0.354 e. The number of carbonyl (C=O) groups excluding carboxylic acids is 2. The normalized spacial score (nSPS) is 18.5. The molecule has 162 valence electrons. The number of hydrazone groups is 1. The van der Waals surface area contributed by atoms with Crippen LogP contribution in [0.3, 0.4) is 0 Å². The molecule has 2 aromatic rings. The van der Waals surface area contributed by atoms with Crippen LogP contribution in [0.5, 0.6) is 0 Å². The van der Waals surface area contributed by atoms with Gasteiger partial charge in [-0.3, -0.25) is 9.80 Å². The average Bonchev–Trinajstić information content (AvgIpc) is 3.27. The Labute approximate surface area is 181 Å². The van der Waals surface area contributed by atoms with Crippen LogP contribution < -0.4 is 15.2 Å². The lowest BCUT2D eigenvalue weighted by Gasteiger charge is -2.29. The van der Waals surface area contributed by atoms with Crippen molar-refractivity contribution in [1.82, 2.24) is 0 Å². The molecule has 0 spiro atoms. The minimum Gasteiger partial charge on any atom is -0.461 e. The van der Waals surface area contributed by atoms with E-state index in [1.54, 1.807) is 11.9 Å². The van der Waals surface area contributed by atoms with E-state index in [1.807, 2.05) is 54.6 Å². The Balaban J connectivity index is 1.52. The molecular weight excluding hydrogens is 396 g/mol. The summed E-state index contributed by atoms with van der Waals surface area (Å²) >= 11 is 0. The lowest BCUT2D eigenvalue weighted by atomic mass is 10.1. The number of para-hydroxylation sites is 1. The summed E-state index contributed by atoms with van der Waals surface area (Å²) in [7, 11) is 0. The average molecular weight is 422 g/mol. The van der Waals surface area contributed by atoms with Gasteiger partial charge in [0.15, 0.2) is 0 Å². The Morgan fingerprint density at radius 2 is 1.84 bits per heavy atom. The molecular formula is C23H26N4O4. The number of morpholine rings is 1. The number of nitrogens with one attached hydrogen (secondary N) is 1. The predicted octanol–water partition coefficient (Wildman–Crippen LogP) is 2.66. The van der Waals surface area contributed by atoms with Gasteiger partial charge < -0.3 is 19.7 Å². The first-order valence-corrected chi connectivity index (χ1v) is 10.5. The molecule has 1 saturated heterocycles. The molecule has 1 fully saturated rings. The number of nitrogens with zero attached hydrogens (tertiary/aromatic N) is 3. The van der Waals surface area contributed by atoms with Crippen molar-refractivity contribution >= 4 is 34.7 Å². The minimum atomic E-state index is -0.645.